The summed E-state index contributed by atoms with van der Waals surface area (Å²) < 4.78 is 0. The Hall–Kier alpha value is -1.35. The summed E-state index contributed by atoms with van der Waals surface area (Å²) in [5, 5.41) is 2.90. The summed E-state index contributed by atoms with van der Waals surface area (Å²) in [6.45, 7) is 0. The van der Waals surface area contributed by atoms with E-state index in [-0.39, 0.29) is 11.9 Å². The van der Waals surface area contributed by atoms with Crippen LogP contribution in [-0.4, -0.2) is 11.9 Å². The van der Waals surface area contributed by atoms with Gasteiger partial charge in [-0.2, -0.15) is 0 Å². The van der Waals surface area contributed by atoms with E-state index in [1.165, 1.54) is 0 Å². The first-order chi connectivity index (χ1) is 6.75. The molecule has 14 heavy (non-hydrogen) atoms. The van der Waals surface area contributed by atoms with Crippen LogP contribution in [0.5, 0.6) is 0 Å². The van der Waals surface area contributed by atoms with Gasteiger partial charge in [0.05, 0.1) is 5.41 Å². The first-order valence-corrected chi connectivity index (χ1v) is 4.92. The van der Waals surface area contributed by atoms with Crippen molar-refractivity contribution in [3.8, 4) is 0 Å². The van der Waals surface area contributed by atoms with Crippen molar-refractivity contribution >= 4 is 11.6 Å². The van der Waals surface area contributed by atoms with Crippen molar-refractivity contribution in [2.45, 2.75) is 24.3 Å². The Morgan fingerprint density at radius 3 is 2.86 bits per heavy atom. The van der Waals surface area contributed by atoms with Crippen molar-refractivity contribution in [1.29, 1.82) is 0 Å². The molecule has 1 fully saturated rings. The number of benzene rings is 1. The highest BCUT2D eigenvalue weighted by Gasteiger charge is 2.56. The molecule has 0 unspecified atom stereocenters. The topological polar surface area (TPSA) is 55.1 Å². The van der Waals surface area contributed by atoms with Gasteiger partial charge in [0.1, 0.15) is 0 Å². The lowest BCUT2D eigenvalue weighted by molar-refractivity contribution is -0.124. The fourth-order valence-electron chi connectivity index (χ4n) is 2.55. The molecule has 3 rings (SSSR count). The van der Waals surface area contributed by atoms with E-state index in [0.29, 0.717) is 0 Å². The molecule has 1 amide bonds. The van der Waals surface area contributed by atoms with Gasteiger partial charge in [0.2, 0.25) is 5.91 Å². The van der Waals surface area contributed by atoms with E-state index < -0.39 is 5.41 Å². The smallest absolute Gasteiger partial charge is 0.236 e. The van der Waals surface area contributed by atoms with Gasteiger partial charge in [-0.1, -0.05) is 18.2 Å². The van der Waals surface area contributed by atoms with Gasteiger partial charge in [0.15, 0.2) is 0 Å². The number of anilines is 1. The Labute approximate surface area is 82.3 Å². The van der Waals surface area contributed by atoms with Gasteiger partial charge in [0, 0.05) is 11.7 Å². The van der Waals surface area contributed by atoms with Crippen LogP contribution in [0.1, 0.15) is 18.4 Å². The van der Waals surface area contributed by atoms with Gasteiger partial charge in [-0.3, -0.25) is 4.79 Å². The molecular formula is C11H12N2O. The van der Waals surface area contributed by atoms with Gasteiger partial charge in [-0.15, -0.1) is 0 Å². The third-order valence-electron chi connectivity index (χ3n) is 3.54. The third-order valence-corrected chi connectivity index (χ3v) is 3.54. The average molecular weight is 188 g/mol. The number of hydrogen-bond donors (Lipinski definition) is 2. The lowest BCUT2D eigenvalue weighted by Crippen LogP contribution is -2.58. The van der Waals surface area contributed by atoms with Crippen molar-refractivity contribution in [3.63, 3.8) is 0 Å². The Bertz CT molecular complexity index is 416. The molecule has 1 spiro atoms. The Balaban J connectivity index is 2.20. The normalized spacial score (nSPS) is 33.8. The molecule has 0 aromatic heterocycles. The van der Waals surface area contributed by atoms with Gasteiger partial charge in [0.25, 0.3) is 0 Å². The van der Waals surface area contributed by atoms with E-state index in [1.54, 1.807) is 0 Å². The lowest BCUT2D eigenvalue weighted by atomic mass is 9.61. The predicted octanol–water partition coefficient (Wildman–Crippen LogP) is 0.998. The van der Waals surface area contributed by atoms with Crippen LogP contribution in [0, 0.1) is 0 Å². The monoisotopic (exact) mass is 188 g/mol. The molecule has 1 aliphatic carbocycles. The highest BCUT2D eigenvalue weighted by Crippen LogP contribution is 2.49. The number of rotatable bonds is 0. The maximum atomic E-state index is 11.9. The van der Waals surface area contributed by atoms with Crippen LogP contribution in [0.3, 0.4) is 0 Å². The molecule has 3 heteroatoms. The third kappa shape index (κ3) is 0.700. The number of para-hydroxylation sites is 1. The quantitative estimate of drug-likeness (QED) is 0.638. The van der Waals surface area contributed by atoms with Gasteiger partial charge >= 0.3 is 0 Å². The van der Waals surface area contributed by atoms with E-state index in [4.69, 9.17) is 5.73 Å². The van der Waals surface area contributed by atoms with E-state index >= 15 is 0 Å². The van der Waals surface area contributed by atoms with E-state index in [2.05, 4.69) is 5.32 Å². The van der Waals surface area contributed by atoms with Crippen molar-refractivity contribution in [3.05, 3.63) is 29.8 Å². The first kappa shape index (κ1) is 8.00. The molecule has 1 aromatic rings. The molecule has 1 heterocycles. The molecule has 1 saturated carbocycles. The molecular weight excluding hydrogens is 176 g/mol. The Morgan fingerprint density at radius 2 is 2.21 bits per heavy atom. The van der Waals surface area contributed by atoms with E-state index in [9.17, 15) is 4.79 Å². The Kier molecular flexibility index (Phi) is 1.35. The molecule has 3 nitrogen and oxygen atoms in total. The second-order valence-corrected chi connectivity index (χ2v) is 4.12. The van der Waals surface area contributed by atoms with Crippen LogP contribution >= 0.6 is 0 Å². The second-order valence-electron chi connectivity index (χ2n) is 4.12. The average Bonchev–Trinajstić information content (AvgIpc) is 2.49. The summed E-state index contributed by atoms with van der Waals surface area (Å²) in [7, 11) is 0. The summed E-state index contributed by atoms with van der Waals surface area (Å²) in [6.07, 6.45) is 1.83. The minimum absolute atomic E-state index is 0.00819. The number of carbonyl (C=O) groups excluding carboxylic acids is 1. The largest absolute Gasteiger partial charge is 0.326 e. The van der Waals surface area contributed by atoms with Crippen LogP contribution < -0.4 is 11.1 Å². The van der Waals surface area contributed by atoms with Crippen LogP contribution in [0.25, 0.3) is 0 Å². The van der Waals surface area contributed by atoms with Crippen molar-refractivity contribution in [2.24, 2.45) is 5.73 Å². The minimum atomic E-state index is -0.406. The summed E-state index contributed by atoms with van der Waals surface area (Å²) in [5.74, 6) is 0.0810. The van der Waals surface area contributed by atoms with Crippen LogP contribution in [0.2, 0.25) is 0 Å². The molecule has 2 aliphatic rings. The zero-order valence-electron chi connectivity index (χ0n) is 7.79. The van der Waals surface area contributed by atoms with E-state index in [1.807, 2.05) is 24.3 Å². The fourth-order valence-corrected chi connectivity index (χ4v) is 2.55. The summed E-state index contributed by atoms with van der Waals surface area (Å²) in [5.41, 5.74) is 7.58. The molecule has 3 N–H and O–H groups in total. The molecule has 72 valence electrons. The van der Waals surface area contributed by atoms with Crippen molar-refractivity contribution in [2.75, 3.05) is 5.32 Å². The highest BCUT2D eigenvalue weighted by atomic mass is 16.2. The second kappa shape index (κ2) is 2.36. The molecule has 0 radical (unpaired) electrons. The summed E-state index contributed by atoms with van der Waals surface area (Å²) in [4.78, 5) is 11.9. The Morgan fingerprint density at radius 1 is 1.43 bits per heavy atom. The number of amides is 1. The van der Waals surface area contributed by atoms with Gasteiger partial charge < -0.3 is 11.1 Å². The van der Waals surface area contributed by atoms with Crippen LogP contribution in [0.15, 0.2) is 24.3 Å². The maximum Gasteiger partial charge on any atom is 0.236 e. The highest BCUT2D eigenvalue weighted by molar-refractivity contribution is 6.07. The first-order valence-electron chi connectivity index (χ1n) is 4.92. The predicted molar refractivity (Wildman–Crippen MR) is 54.0 cm³/mol. The molecule has 2 atom stereocenters. The zero-order valence-corrected chi connectivity index (χ0v) is 7.79. The SMILES string of the molecule is N[C@H]1CC[C@@]12C(=O)Nc1ccccc12. The number of carbonyl (C=O) groups is 1. The fraction of sp³-hybridized carbons (Fsp3) is 0.364. The lowest BCUT2D eigenvalue weighted by Gasteiger charge is -2.42. The maximum absolute atomic E-state index is 11.9. The van der Waals surface area contributed by atoms with Crippen molar-refractivity contribution < 1.29 is 4.79 Å². The summed E-state index contributed by atoms with van der Waals surface area (Å²) in [6, 6.07) is 7.83. The molecule has 0 bridgehead atoms. The standard InChI is InChI=1S/C11H12N2O/c12-9-5-6-11(9)7-3-1-2-4-8(7)13-10(11)14/h1-4,9H,5-6,12H2,(H,13,14)/t9-,11-/m0/s1. The minimum Gasteiger partial charge on any atom is -0.326 e. The van der Waals surface area contributed by atoms with Crippen LogP contribution in [-0.2, 0) is 10.2 Å². The molecule has 0 saturated heterocycles. The van der Waals surface area contributed by atoms with Gasteiger partial charge in [-0.05, 0) is 24.5 Å². The number of nitrogens with two attached hydrogens (primary N) is 1. The molecule has 1 aromatic carbocycles. The van der Waals surface area contributed by atoms with E-state index in [0.717, 1.165) is 24.1 Å². The summed E-state index contributed by atoms with van der Waals surface area (Å²) >= 11 is 0. The number of nitrogens with one attached hydrogen (secondary N) is 1. The number of hydrogen-bond acceptors (Lipinski definition) is 2. The van der Waals surface area contributed by atoms with Gasteiger partial charge in [-0.25, -0.2) is 0 Å². The molecule has 1 aliphatic heterocycles. The van der Waals surface area contributed by atoms with Crippen LogP contribution in [0.4, 0.5) is 5.69 Å². The van der Waals surface area contributed by atoms with Crippen molar-refractivity contribution in [1.82, 2.24) is 0 Å². The zero-order chi connectivity index (χ0) is 9.76. The number of fused-ring (bicyclic) bond motifs is 2.